The minimum Gasteiger partial charge on any atom is -0.491 e. The summed E-state index contributed by atoms with van der Waals surface area (Å²) in [6.07, 6.45) is 5.58. The number of nitrogens with zero attached hydrogens (tertiary/aromatic N) is 4. The molecule has 2 atom stereocenters. The molecule has 158 valence electrons. The van der Waals surface area contributed by atoms with E-state index < -0.39 is 6.10 Å². The van der Waals surface area contributed by atoms with Gasteiger partial charge in [-0.15, -0.1) is 0 Å². The highest BCUT2D eigenvalue weighted by molar-refractivity contribution is 5.80. The topological polar surface area (TPSA) is 74.9 Å². The van der Waals surface area contributed by atoms with Crippen LogP contribution in [0.5, 0.6) is 5.75 Å². The molecule has 0 radical (unpaired) electrons. The Morgan fingerprint density at radius 2 is 2.31 bits per heavy atom. The van der Waals surface area contributed by atoms with Gasteiger partial charge in [0.05, 0.1) is 12.7 Å². The number of guanidine groups is 1. The van der Waals surface area contributed by atoms with Crippen LogP contribution in [-0.4, -0.2) is 64.6 Å². The van der Waals surface area contributed by atoms with Gasteiger partial charge in [-0.1, -0.05) is 12.1 Å². The maximum Gasteiger partial charge on any atom is 0.194 e. The Kier molecular flexibility index (Phi) is 7.52. The normalized spacial score (nSPS) is 18.1. The number of aliphatic hydroxyl groups excluding tert-OH is 1. The van der Waals surface area contributed by atoms with E-state index in [4.69, 9.17) is 4.74 Å². The van der Waals surface area contributed by atoms with Gasteiger partial charge in [0.2, 0.25) is 0 Å². The number of aliphatic imine (C=N–C) groups is 1. The molecular formula is C22H33N5O2. The lowest BCUT2D eigenvalue weighted by Gasteiger charge is -2.22. The van der Waals surface area contributed by atoms with Gasteiger partial charge in [-0.2, -0.15) is 5.10 Å². The first-order chi connectivity index (χ1) is 14.0. The van der Waals surface area contributed by atoms with Crippen LogP contribution in [0.1, 0.15) is 24.5 Å². The molecule has 29 heavy (non-hydrogen) atoms. The molecule has 1 aromatic heterocycles. The average molecular weight is 400 g/mol. The molecule has 2 heterocycles. The van der Waals surface area contributed by atoms with Crippen molar-refractivity contribution >= 4 is 5.96 Å². The van der Waals surface area contributed by atoms with E-state index in [1.165, 1.54) is 5.56 Å². The van der Waals surface area contributed by atoms with Crippen LogP contribution in [0.4, 0.5) is 0 Å². The molecule has 0 bridgehead atoms. The van der Waals surface area contributed by atoms with E-state index >= 15 is 0 Å². The summed E-state index contributed by atoms with van der Waals surface area (Å²) in [4.78, 5) is 6.95. The number of rotatable bonds is 8. The lowest BCUT2D eigenvalue weighted by atomic mass is 10.0. The van der Waals surface area contributed by atoms with Crippen molar-refractivity contribution in [3.63, 3.8) is 0 Å². The fourth-order valence-electron chi connectivity index (χ4n) is 3.67. The quantitative estimate of drug-likeness (QED) is 0.525. The lowest BCUT2D eigenvalue weighted by molar-refractivity contribution is 0.114. The van der Waals surface area contributed by atoms with Crippen molar-refractivity contribution in [3.8, 4) is 5.75 Å². The van der Waals surface area contributed by atoms with E-state index in [1.807, 2.05) is 49.1 Å². The molecule has 2 N–H and O–H groups in total. The summed E-state index contributed by atoms with van der Waals surface area (Å²) in [6.45, 7) is 7.39. The van der Waals surface area contributed by atoms with Gasteiger partial charge in [-0.05, 0) is 55.9 Å². The Hall–Kier alpha value is -2.54. The second kappa shape index (κ2) is 10.3. The van der Waals surface area contributed by atoms with Crippen molar-refractivity contribution in [2.45, 2.75) is 32.8 Å². The summed E-state index contributed by atoms with van der Waals surface area (Å²) in [5.74, 6) is 2.24. The van der Waals surface area contributed by atoms with Gasteiger partial charge < -0.3 is 20.1 Å². The van der Waals surface area contributed by atoms with Gasteiger partial charge in [0.25, 0.3) is 0 Å². The standard InChI is InChI=1S/C22H33N5O2/c1-4-23-22(24-13-20(28)16-29-21-7-5-6-17(2)10-21)27-9-8-18(15-27)11-19-12-25-26(3)14-19/h5-7,10,12,14,18,20,28H,4,8-9,11,13,15-16H2,1-3H3,(H,23,24). The zero-order valence-corrected chi connectivity index (χ0v) is 17.7. The molecular weight excluding hydrogens is 366 g/mol. The summed E-state index contributed by atoms with van der Waals surface area (Å²) >= 11 is 0. The number of ether oxygens (including phenoxy) is 1. The molecule has 2 unspecified atom stereocenters. The Morgan fingerprint density at radius 3 is 3.03 bits per heavy atom. The Bertz CT molecular complexity index is 804. The molecule has 7 nitrogen and oxygen atoms in total. The van der Waals surface area contributed by atoms with Crippen LogP contribution in [0.2, 0.25) is 0 Å². The largest absolute Gasteiger partial charge is 0.491 e. The van der Waals surface area contributed by atoms with Crippen LogP contribution >= 0.6 is 0 Å². The van der Waals surface area contributed by atoms with Gasteiger partial charge in [0.1, 0.15) is 18.5 Å². The molecule has 1 aromatic carbocycles. The van der Waals surface area contributed by atoms with Crippen molar-refractivity contribution in [2.75, 3.05) is 32.8 Å². The summed E-state index contributed by atoms with van der Waals surface area (Å²) < 4.78 is 7.55. The Labute approximate surface area is 173 Å². The number of nitrogens with one attached hydrogen (secondary N) is 1. The van der Waals surface area contributed by atoms with Crippen LogP contribution in [0.15, 0.2) is 41.7 Å². The average Bonchev–Trinajstić information content (AvgIpc) is 3.33. The third-order valence-electron chi connectivity index (χ3n) is 5.09. The lowest BCUT2D eigenvalue weighted by Crippen LogP contribution is -2.41. The van der Waals surface area contributed by atoms with E-state index in [1.54, 1.807) is 0 Å². The van der Waals surface area contributed by atoms with Gasteiger partial charge in [-0.25, -0.2) is 0 Å². The summed E-state index contributed by atoms with van der Waals surface area (Å²) in [7, 11) is 1.95. The van der Waals surface area contributed by atoms with Crippen molar-refractivity contribution in [2.24, 2.45) is 18.0 Å². The maximum absolute atomic E-state index is 10.3. The molecule has 7 heteroatoms. The van der Waals surface area contributed by atoms with E-state index in [-0.39, 0.29) is 6.61 Å². The molecule has 1 aliphatic heterocycles. The number of aliphatic hydroxyl groups is 1. The van der Waals surface area contributed by atoms with Gasteiger partial charge in [0.15, 0.2) is 5.96 Å². The molecule has 0 aliphatic carbocycles. The number of hydrogen-bond donors (Lipinski definition) is 2. The van der Waals surface area contributed by atoms with Crippen LogP contribution in [0.3, 0.4) is 0 Å². The molecule has 1 saturated heterocycles. The van der Waals surface area contributed by atoms with Crippen LogP contribution in [-0.2, 0) is 13.5 Å². The van der Waals surface area contributed by atoms with E-state index in [0.717, 1.165) is 49.7 Å². The van der Waals surface area contributed by atoms with Gasteiger partial charge in [-0.3, -0.25) is 9.67 Å². The van der Waals surface area contributed by atoms with Crippen LogP contribution in [0.25, 0.3) is 0 Å². The third-order valence-corrected chi connectivity index (χ3v) is 5.09. The molecule has 1 fully saturated rings. The number of benzene rings is 1. The molecule has 0 saturated carbocycles. The van der Waals surface area contributed by atoms with Crippen molar-refractivity contribution < 1.29 is 9.84 Å². The summed E-state index contributed by atoms with van der Waals surface area (Å²) in [5.41, 5.74) is 2.42. The summed E-state index contributed by atoms with van der Waals surface area (Å²) in [6, 6.07) is 7.84. The first kappa shape index (κ1) is 21.2. The summed E-state index contributed by atoms with van der Waals surface area (Å²) in [5, 5.41) is 17.9. The zero-order valence-electron chi connectivity index (χ0n) is 17.7. The van der Waals surface area contributed by atoms with Crippen LogP contribution < -0.4 is 10.1 Å². The predicted octanol–water partition coefficient (Wildman–Crippen LogP) is 2.00. The molecule has 2 aromatic rings. The van der Waals surface area contributed by atoms with E-state index in [9.17, 15) is 5.11 Å². The van der Waals surface area contributed by atoms with E-state index in [2.05, 4.69) is 33.4 Å². The van der Waals surface area contributed by atoms with Gasteiger partial charge in [0, 0.05) is 32.9 Å². The number of aromatic nitrogens is 2. The smallest absolute Gasteiger partial charge is 0.194 e. The zero-order chi connectivity index (χ0) is 20.6. The minimum absolute atomic E-state index is 0.232. The first-order valence-corrected chi connectivity index (χ1v) is 10.4. The molecule has 1 aliphatic rings. The predicted molar refractivity (Wildman–Crippen MR) is 115 cm³/mol. The fraction of sp³-hybridized carbons (Fsp3) is 0.545. The van der Waals surface area contributed by atoms with E-state index in [0.29, 0.717) is 12.5 Å². The van der Waals surface area contributed by atoms with Gasteiger partial charge >= 0.3 is 0 Å². The van der Waals surface area contributed by atoms with Crippen molar-refractivity contribution in [1.82, 2.24) is 20.0 Å². The highest BCUT2D eigenvalue weighted by Crippen LogP contribution is 2.21. The third kappa shape index (κ3) is 6.49. The maximum atomic E-state index is 10.3. The number of hydrogen-bond acceptors (Lipinski definition) is 4. The van der Waals surface area contributed by atoms with Crippen molar-refractivity contribution in [1.29, 1.82) is 0 Å². The molecule has 3 rings (SSSR count). The Morgan fingerprint density at radius 1 is 1.45 bits per heavy atom. The SMILES string of the molecule is CCNC(=NCC(O)COc1cccc(C)c1)N1CCC(Cc2cnn(C)c2)C1. The highest BCUT2D eigenvalue weighted by Gasteiger charge is 2.25. The highest BCUT2D eigenvalue weighted by atomic mass is 16.5. The molecule has 0 spiro atoms. The van der Waals surface area contributed by atoms with Crippen molar-refractivity contribution in [3.05, 3.63) is 47.8 Å². The monoisotopic (exact) mass is 399 g/mol. The molecule has 0 amide bonds. The number of likely N-dealkylation sites (tertiary alicyclic amines) is 1. The van der Waals surface area contributed by atoms with Crippen LogP contribution in [0, 0.1) is 12.8 Å². The second-order valence-electron chi connectivity index (χ2n) is 7.80. The number of aryl methyl sites for hydroxylation is 2. The Balaban J connectivity index is 1.49. The first-order valence-electron chi connectivity index (χ1n) is 10.4. The fourth-order valence-corrected chi connectivity index (χ4v) is 3.67. The minimum atomic E-state index is -0.641. The second-order valence-corrected chi connectivity index (χ2v) is 7.80.